The van der Waals surface area contributed by atoms with Crippen LogP contribution in [-0.2, 0) is 13.0 Å². The van der Waals surface area contributed by atoms with Crippen molar-refractivity contribution in [3.05, 3.63) is 53.1 Å². The van der Waals surface area contributed by atoms with Crippen molar-refractivity contribution in [3.8, 4) is 0 Å². The molecule has 3 aromatic heterocycles. The van der Waals surface area contributed by atoms with Gasteiger partial charge in [0.2, 0.25) is 5.95 Å². The van der Waals surface area contributed by atoms with Crippen molar-refractivity contribution in [1.82, 2.24) is 30.1 Å². The smallest absolute Gasteiger partial charge is 0.227 e. The minimum atomic E-state index is 0.563. The third kappa shape index (κ3) is 3.56. The Morgan fingerprint density at radius 2 is 2.07 bits per heavy atom. The minimum Gasteiger partial charge on any atom is -0.345 e. The van der Waals surface area contributed by atoms with Gasteiger partial charge >= 0.3 is 0 Å². The highest BCUT2D eigenvalue weighted by atomic mass is 35.5. The third-order valence-electron chi connectivity index (χ3n) is 4.27. The van der Waals surface area contributed by atoms with Crippen LogP contribution in [0.1, 0.15) is 18.2 Å². The first-order valence-electron chi connectivity index (χ1n) is 8.60. The van der Waals surface area contributed by atoms with Crippen molar-refractivity contribution in [2.45, 2.75) is 19.9 Å². The van der Waals surface area contributed by atoms with Gasteiger partial charge in [-0.2, -0.15) is 10.1 Å². The second kappa shape index (κ2) is 7.24. The number of nitrogens with one attached hydrogen (secondary N) is 3. The summed E-state index contributed by atoms with van der Waals surface area (Å²) in [4.78, 5) is 18.2. The number of anilines is 3. The molecule has 0 aliphatic heterocycles. The van der Waals surface area contributed by atoms with Crippen LogP contribution in [-0.4, -0.2) is 37.2 Å². The molecule has 0 saturated heterocycles. The van der Waals surface area contributed by atoms with Gasteiger partial charge in [-0.1, -0.05) is 24.6 Å². The van der Waals surface area contributed by atoms with E-state index in [0.29, 0.717) is 23.3 Å². The topological polar surface area (TPSA) is 98.4 Å². The van der Waals surface area contributed by atoms with Crippen molar-refractivity contribution < 1.29 is 0 Å². The molecular weight excluding hydrogens is 364 g/mol. The van der Waals surface area contributed by atoms with Crippen LogP contribution in [0.25, 0.3) is 11.0 Å². The van der Waals surface area contributed by atoms with Crippen molar-refractivity contribution in [2.75, 3.05) is 17.3 Å². The van der Waals surface area contributed by atoms with E-state index in [4.69, 9.17) is 11.6 Å². The number of fused-ring (bicyclic) bond motifs is 1. The molecule has 0 fully saturated rings. The fraction of sp³-hybridized carbons (Fsp3) is 0.222. The lowest BCUT2D eigenvalue weighted by molar-refractivity contribution is 0.868. The zero-order valence-electron chi connectivity index (χ0n) is 15.0. The van der Waals surface area contributed by atoms with Crippen LogP contribution in [0.2, 0.25) is 5.02 Å². The van der Waals surface area contributed by atoms with E-state index in [0.717, 1.165) is 34.5 Å². The van der Waals surface area contributed by atoms with Gasteiger partial charge in [-0.3, -0.25) is 5.10 Å². The molecule has 0 aliphatic rings. The molecule has 0 amide bonds. The van der Waals surface area contributed by atoms with E-state index in [1.165, 1.54) is 0 Å². The zero-order chi connectivity index (χ0) is 18.8. The first-order chi connectivity index (χ1) is 13.1. The van der Waals surface area contributed by atoms with Gasteiger partial charge in [0.25, 0.3) is 0 Å². The Morgan fingerprint density at radius 1 is 1.19 bits per heavy atom. The molecule has 4 rings (SSSR count). The Kier molecular flexibility index (Phi) is 4.64. The molecule has 0 saturated carbocycles. The molecule has 4 aromatic rings. The standard InChI is InChI=1S/C18H19ClN8/c1-3-12-8-15(26-25-12)23-14-6-7-20-18(24-14)27(2)9-11-4-5-13-17(16(11)19)22-10-21-13/h4-8,10H,3,9H2,1-2H3,(H,21,22)(H2,20,23,24,25,26). The van der Waals surface area contributed by atoms with Crippen LogP contribution >= 0.6 is 11.6 Å². The molecule has 0 bridgehead atoms. The average molecular weight is 383 g/mol. The summed E-state index contributed by atoms with van der Waals surface area (Å²) in [5.41, 5.74) is 3.70. The fourth-order valence-electron chi connectivity index (χ4n) is 2.80. The number of imidazole rings is 1. The van der Waals surface area contributed by atoms with Crippen LogP contribution in [0.4, 0.5) is 17.6 Å². The lowest BCUT2D eigenvalue weighted by Crippen LogP contribution is -2.19. The first-order valence-corrected chi connectivity index (χ1v) is 8.97. The Morgan fingerprint density at radius 3 is 2.89 bits per heavy atom. The molecular formula is C18H19ClN8. The predicted molar refractivity (Wildman–Crippen MR) is 106 cm³/mol. The molecule has 0 aliphatic carbocycles. The molecule has 1 aromatic carbocycles. The monoisotopic (exact) mass is 382 g/mol. The Labute approximate surface area is 161 Å². The van der Waals surface area contributed by atoms with Gasteiger partial charge in [0.1, 0.15) is 11.3 Å². The molecule has 9 heteroatoms. The molecule has 0 radical (unpaired) electrons. The van der Waals surface area contributed by atoms with Gasteiger partial charge in [0.05, 0.1) is 16.9 Å². The number of aromatic amines is 2. The number of rotatable bonds is 6. The summed E-state index contributed by atoms with van der Waals surface area (Å²) >= 11 is 6.50. The summed E-state index contributed by atoms with van der Waals surface area (Å²) in [5.74, 6) is 1.99. The number of benzene rings is 1. The molecule has 3 heterocycles. The lowest BCUT2D eigenvalue weighted by Gasteiger charge is -2.18. The highest BCUT2D eigenvalue weighted by Crippen LogP contribution is 2.26. The SMILES string of the molecule is CCc1cc(Nc2ccnc(N(C)Cc3ccc4[nH]cnc4c3Cl)n2)n[nH]1. The number of aryl methyl sites for hydroxylation is 1. The number of hydrogen-bond acceptors (Lipinski definition) is 6. The molecule has 3 N–H and O–H groups in total. The summed E-state index contributed by atoms with van der Waals surface area (Å²) < 4.78 is 0. The van der Waals surface area contributed by atoms with E-state index in [1.807, 2.05) is 30.1 Å². The van der Waals surface area contributed by atoms with Crippen LogP contribution in [0.5, 0.6) is 0 Å². The molecule has 0 atom stereocenters. The first kappa shape index (κ1) is 17.3. The Hall–Kier alpha value is -3.13. The highest BCUT2D eigenvalue weighted by Gasteiger charge is 2.12. The lowest BCUT2D eigenvalue weighted by atomic mass is 10.2. The van der Waals surface area contributed by atoms with E-state index in [2.05, 4.69) is 42.4 Å². The van der Waals surface area contributed by atoms with Crippen LogP contribution in [0, 0.1) is 0 Å². The number of halogens is 1. The van der Waals surface area contributed by atoms with Gasteiger partial charge in [0.15, 0.2) is 5.82 Å². The van der Waals surface area contributed by atoms with E-state index < -0.39 is 0 Å². The van der Waals surface area contributed by atoms with Crippen LogP contribution < -0.4 is 10.2 Å². The maximum atomic E-state index is 6.50. The summed E-state index contributed by atoms with van der Waals surface area (Å²) in [6, 6.07) is 7.72. The van der Waals surface area contributed by atoms with E-state index in [-0.39, 0.29) is 0 Å². The van der Waals surface area contributed by atoms with Gasteiger partial charge < -0.3 is 15.2 Å². The maximum absolute atomic E-state index is 6.50. The number of nitrogens with zero attached hydrogens (tertiary/aromatic N) is 5. The van der Waals surface area contributed by atoms with E-state index in [1.54, 1.807) is 18.6 Å². The zero-order valence-corrected chi connectivity index (χ0v) is 15.7. The van der Waals surface area contributed by atoms with Crippen molar-refractivity contribution in [1.29, 1.82) is 0 Å². The average Bonchev–Trinajstić information content (AvgIpc) is 3.33. The minimum absolute atomic E-state index is 0.563. The molecule has 8 nitrogen and oxygen atoms in total. The van der Waals surface area contributed by atoms with Crippen LogP contribution in [0.3, 0.4) is 0 Å². The van der Waals surface area contributed by atoms with Crippen LogP contribution in [0.15, 0.2) is 36.8 Å². The van der Waals surface area contributed by atoms with Crippen molar-refractivity contribution in [2.24, 2.45) is 0 Å². The third-order valence-corrected chi connectivity index (χ3v) is 4.69. The number of H-pyrrole nitrogens is 2. The molecule has 0 unspecified atom stereocenters. The molecule has 138 valence electrons. The van der Waals surface area contributed by atoms with Crippen molar-refractivity contribution in [3.63, 3.8) is 0 Å². The number of hydrogen-bond donors (Lipinski definition) is 3. The second-order valence-electron chi connectivity index (χ2n) is 6.19. The Bertz CT molecular complexity index is 1070. The highest BCUT2D eigenvalue weighted by molar-refractivity contribution is 6.35. The normalized spacial score (nSPS) is 11.1. The quantitative estimate of drug-likeness (QED) is 0.470. The largest absolute Gasteiger partial charge is 0.345 e. The van der Waals surface area contributed by atoms with Crippen molar-refractivity contribution >= 4 is 40.2 Å². The van der Waals surface area contributed by atoms with E-state index in [9.17, 15) is 0 Å². The maximum Gasteiger partial charge on any atom is 0.227 e. The van der Waals surface area contributed by atoms with E-state index >= 15 is 0 Å². The second-order valence-corrected chi connectivity index (χ2v) is 6.57. The number of aromatic nitrogens is 6. The fourth-order valence-corrected chi connectivity index (χ4v) is 3.08. The van der Waals surface area contributed by atoms with Gasteiger partial charge in [-0.25, -0.2) is 9.97 Å². The molecule has 0 spiro atoms. The summed E-state index contributed by atoms with van der Waals surface area (Å²) in [7, 11) is 1.92. The van der Waals surface area contributed by atoms with Gasteiger partial charge in [-0.05, 0) is 24.1 Å². The summed E-state index contributed by atoms with van der Waals surface area (Å²) in [6.45, 7) is 2.63. The van der Waals surface area contributed by atoms with Gasteiger partial charge in [-0.15, -0.1) is 0 Å². The predicted octanol–water partition coefficient (Wildman–Crippen LogP) is 3.67. The van der Waals surface area contributed by atoms with Gasteiger partial charge in [0, 0.05) is 31.5 Å². The summed E-state index contributed by atoms with van der Waals surface area (Å²) in [6.07, 6.45) is 4.25. The molecule has 27 heavy (non-hydrogen) atoms. The summed E-state index contributed by atoms with van der Waals surface area (Å²) in [5, 5.41) is 11.0. The Balaban J connectivity index is 1.52.